The zero-order chi connectivity index (χ0) is 29.1. The fourth-order valence-electron chi connectivity index (χ4n) is 4.80. The molecule has 0 spiro atoms. The van der Waals surface area contributed by atoms with Crippen LogP contribution >= 0.6 is 0 Å². The highest BCUT2D eigenvalue weighted by Gasteiger charge is 2.49. The van der Waals surface area contributed by atoms with E-state index in [-0.39, 0.29) is 17.2 Å². The molecule has 3 N–H and O–H groups in total. The first kappa shape index (κ1) is 27.4. The topological polar surface area (TPSA) is 117 Å². The van der Waals surface area contributed by atoms with Gasteiger partial charge in [0.05, 0.1) is 18.4 Å². The van der Waals surface area contributed by atoms with E-state index >= 15 is 0 Å². The monoisotopic (exact) mass is 550 g/mol. The molecular formula is C32H30N4O5. The van der Waals surface area contributed by atoms with Crippen molar-refractivity contribution in [1.82, 2.24) is 15.5 Å². The number of ether oxygens (including phenoxy) is 1. The number of carbonyl (C=O) groups is 4. The molecule has 0 unspecified atom stereocenters. The second-order valence-corrected chi connectivity index (χ2v) is 10.1. The van der Waals surface area contributed by atoms with Crippen LogP contribution in [-0.4, -0.2) is 42.3 Å². The Balaban J connectivity index is 1.27. The molecule has 0 radical (unpaired) electrons. The summed E-state index contributed by atoms with van der Waals surface area (Å²) in [5.74, 6) is -0.807. The molecule has 1 heterocycles. The molecule has 1 aliphatic rings. The fourth-order valence-corrected chi connectivity index (χ4v) is 4.80. The van der Waals surface area contributed by atoms with Crippen molar-refractivity contribution < 1.29 is 23.9 Å². The minimum atomic E-state index is -1.35. The SMILES string of the molecule is COc1ccc2cc([C@]3(C)NC(=O)N(CC(=O)Nc4ccccc4C(=O)NCc4ccc(C)cc4)C3=O)ccc2c1. The van der Waals surface area contributed by atoms with Crippen LogP contribution in [0.4, 0.5) is 10.5 Å². The van der Waals surface area contributed by atoms with Gasteiger partial charge in [0.1, 0.15) is 17.8 Å². The van der Waals surface area contributed by atoms with Gasteiger partial charge in [-0.3, -0.25) is 19.3 Å². The number of nitrogens with zero attached hydrogens (tertiary/aromatic N) is 1. The third kappa shape index (κ3) is 5.60. The maximum Gasteiger partial charge on any atom is 0.325 e. The van der Waals surface area contributed by atoms with Crippen LogP contribution in [0.2, 0.25) is 0 Å². The van der Waals surface area contributed by atoms with Crippen molar-refractivity contribution in [3.05, 3.63) is 107 Å². The Morgan fingerprint density at radius 3 is 2.39 bits per heavy atom. The molecule has 41 heavy (non-hydrogen) atoms. The van der Waals surface area contributed by atoms with Gasteiger partial charge >= 0.3 is 6.03 Å². The van der Waals surface area contributed by atoms with E-state index in [9.17, 15) is 19.2 Å². The normalized spacial score (nSPS) is 16.4. The summed E-state index contributed by atoms with van der Waals surface area (Å²) in [6.45, 7) is 3.42. The van der Waals surface area contributed by atoms with E-state index in [2.05, 4.69) is 16.0 Å². The van der Waals surface area contributed by atoms with E-state index in [1.54, 1.807) is 44.4 Å². The first-order valence-electron chi connectivity index (χ1n) is 13.1. The predicted molar refractivity (Wildman–Crippen MR) is 156 cm³/mol. The number of aryl methyl sites for hydroxylation is 1. The molecule has 208 valence electrons. The van der Waals surface area contributed by atoms with Crippen LogP contribution in [0.5, 0.6) is 5.75 Å². The number of anilines is 1. The largest absolute Gasteiger partial charge is 0.497 e. The van der Waals surface area contributed by atoms with Crippen molar-refractivity contribution in [3.63, 3.8) is 0 Å². The Labute approximate surface area is 237 Å². The van der Waals surface area contributed by atoms with Gasteiger partial charge in [0.15, 0.2) is 0 Å². The molecule has 4 aromatic rings. The predicted octanol–water partition coefficient (Wildman–Crippen LogP) is 4.49. The molecule has 1 fully saturated rings. The molecule has 0 saturated carbocycles. The van der Waals surface area contributed by atoms with Gasteiger partial charge in [0.25, 0.3) is 11.8 Å². The molecule has 1 aliphatic heterocycles. The number of benzene rings is 4. The number of para-hydroxylation sites is 1. The summed E-state index contributed by atoms with van der Waals surface area (Å²) in [7, 11) is 1.59. The average molecular weight is 551 g/mol. The molecule has 1 atom stereocenters. The third-order valence-electron chi connectivity index (χ3n) is 7.22. The van der Waals surface area contributed by atoms with Crippen molar-refractivity contribution in [3.8, 4) is 5.75 Å². The molecule has 1 saturated heterocycles. The highest BCUT2D eigenvalue weighted by atomic mass is 16.5. The molecule has 9 heteroatoms. The number of hydrogen-bond donors (Lipinski definition) is 3. The molecule has 5 rings (SSSR count). The highest BCUT2D eigenvalue weighted by Crippen LogP contribution is 2.32. The maximum atomic E-state index is 13.5. The van der Waals surface area contributed by atoms with Gasteiger partial charge in [-0.25, -0.2) is 4.79 Å². The Kier molecular flexibility index (Phi) is 7.43. The fraction of sp³-hybridized carbons (Fsp3) is 0.188. The smallest absolute Gasteiger partial charge is 0.325 e. The number of hydrogen-bond acceptors (Lipinski definition) is 5. The lowest BCUT2D eigenvalue weighted by molar-refractivity contribution is -0.133. The Morgan fingerprint density at radius 1 is 0.927 bits per heavy atom. The van der Waals surface area contributed by atoms with Gasteiger partial charge in [-0.2, -0.15) is 0 Å². The minimum Gasteiger partial charge on any atom is -0.497 e. The van der Waals surface area contributed by atoms with Crippen LogP contribution < -0.4 is 20.7 Å². The highest BCUT2D eigenvalue weighted by molar-refractivity contribution is 6.11. The first-order chi connectivity index (χ1) is 19.7. The summed E-state index contributed by atoms with van der Waals surface area (Å²) in [4.78, 5) is 53.1. The second-order valence-electron chi connectivity index (χ2n) is 10.1. The van der Waals surface area contributed by atoms with Crippen molar-refractivity contribution in [2.45, 2.75) is 25.9 Å². The van der Waals surface area contributed by atoms with Crippen LogP contribution in [0, 0.1) is 6.92 Å². The van der Waals surface area contributed by atoms with Gasteiger partial charge in [0, 0.05) is 6.54 Å². The number of carbonyl (C=O) groups excluding carboxylic acids is 4. The summed E-state index contributed by atoms with van der Waals surface area (Å²) >= 11 is 0. The maximum absolute atomic E-state index is 13.5. The zero-order valence-electron chi connectivity index (χ0n) is 23.0. The van der Waals surface area contributed by atoms with Crippen molar-refractivity contribution in [1.29, 1.82) is 0 Å². The van der Waals surface area contributed by atoms with E-state index in [0.29, 0.717) is 17.9 Å². The number of rotatable bonds is 8. The van der Waals surface area contributed by atoms with E-state index in [0.717, 1.165) is 26.8 Å². The Hall–Kier alpha value is -5.18. The van der Waals surface area contributed by atoms with Crippen LogP contribution in [0.25, 0.3) is 10.8 Å². The van der Waals surface area contributed by atoms with Gasteiger partial charge in [-0.1, -0.05) is 60.2 Å². The number of urea groups is 1. The number of imide groups is 1. The van der Waals surface area contributed by atoms with Crippen molar-refractivity contribution >= 4 is 40.2 Å². The number of amides is 5. The lowest BCUT2D eigenvalue weighted by atomic mass is 9.90. The first-order valence-corrected chi connectivity index (χ1v) is 13.1. The summed E-state index contributed by atoms with van der Waals surface area (Å²) in [6, 6.07) is 24.7. The van der Waals surface area contributed by atoms with Gasteiger partial charge in [-0.15, -0.1) is 0 Å². The zero-order valence-corrected chi connectivity index (χ0v) is 23.0. The van der Waals surface area contributed by atoms with Gasteiger partial charge < -0.3 is 20.7 Å². The second kappa shape index (κ2) is 11.1. The summed E-state index contributed by atoms with van der Waals surface area (Å²) in [5.41, 5.74) is 1.85. The quantitative estimate of drug-likeness (QED) is 0.280. The lowest BCUT2D eigenvalue weighted by Gasteiger charge is -2.23. The Morgan fingerprint density at radius 2 is 1.63 bits per heavy atom. The summed E-state index contributed by atoms with van der Waals surface area (Å²) in [6.07, 6.45) is 0. The van der Waals surface area contributed by atoms with E-state index < -0.39 is 29.9 Å². The molecule has 5 amide bonds. The van der Waals surface area contributed by atoms with Gasteiger partial charge in [-0.05, 0) is 66.1 Å². The number of nitrogens with one attached hydrogen (secondary N) is 3. The van der Waals surface area contributed by atoms with Crippen LogP contribution in [0.1, 0.15) is 34.0 Å². The van der Waals surface area contributed by atoms with E-state index in [1.807, 2.05) is 61.5 Å². The third-order valence-corrected chi connectivity index (χ3v) is 7.22. The Bertz CT molecular complexity index is 1670. The molecule has 0 bridgehead atoms. The summed E-state index contributed by atoms with van der Waals surface area (Å²) < 4.78 is 5.27. The van der Waals surface area contributed by atoms with Crippen molar-refractivity contribution in [2.75, 3.05) is 19.0 Å². The molecule has 0 aromatic heterocycles. The van der Waals surface area contributed by atoms with Crippen LogP contribution in [0.3, 0.4) is 0 Å². The molecule has 0 aliphatic carbocycles. The van der Waals surface area contributed by atoms with Crippen LogP contribution in [-0.2, 0) is 21.7 Å². The lowest BCUT2D eigenvalue weighted by Crippen LogP contribution is -2.42. The molecule has 9 nitrogen and oxygen atoms in total. The number of fused-ring (bicyclic) bond motifs is 1. The molecular weight excluding hydrogens is 520 g/mol. The van der Waals surface area contributed by atoms with Crippen molar-refractivity contribution in [2.24, 2.45) is 0 Å². The molecule has 4 aromatic carbocycles. The average Bonchev–Trinajstić information content (AvgIpc) is 3.19. The number of methoxy groups -OCH3 is 1. The van der Waals surface area contributed by atoms with E-state index in [4.69, 9.17) is 4.74 Å². The van der Waals surface area contributed by atoms with Gasteiger partial charge in [0.2, 0.25) is 5.91 Å². The standard InChI is InChI=1S/C32H30N4O5/c1-20-8-10-21(11-9-20)18-33-29(38)26-6-4-5-7-27(26)34-28(37)19-36-30(39)32(2,35-31(36)40)24-14-12-23-17-25(41-3)15-13-22(23)16-24/h4-17H,18-19H2,1-3H3,(H,33,38)(H,34,37)(H,35,40)/t32-/m0/s1. The van der Waals surface area contributed by atoms with Crippen LogP contribution in [0.15, 0.2) is 84.9 Å². The summed E-state index contributed by atoms with van der Waals surface area (Å²) in [5, 5.41) is 10.1. The van der Waals surface area contributed by atoms with E-state index in [1.165, 1.54) is 0 Å². The minimum absolute atomic E-state index is 0.266.